The molecule has 0 aliphatic carbocycles. The van der Waals surface area contributed by atoms with Crippen LogP contribution in [0.4, 0.5) is 0 Å². The molecule has 0 amide bonds. The number of hydrogen-bond acceptors (Lipinski definition) is 3. The molecular formula is C15H16N4. The molecule has 96 valence electrons. The normalized spacial score (nSPS) is 10.9. The van der Waals surface area contributed by atoms with Crippen LogP contribution in [-0.2, 0) is 13.0 Å². The van der Waals surface area contributed by atoms with Crippen LogP contribution in [0.2, 0.25) is 0 Å². The van der Waals surface area contributed by atoms with Gasteiger partial charge in [0.2, 0.25) is 0 Å². The van der Waals surface area contributed by atoms with Crippen LogP contribution in [0.5, 0.6) is 0 Å². The number of hydrogen-bond donors (Lipinski definition) is 2. The van der Waals surface area contributed by atoms with E-state index in [4.69, 9.17) is 0 Å². The fourth-order valence-corrected chi connectivity index (χ4v) is 2.11. The van der Waals surface area contributed by atoms with Crippen molar-refractivity contribution in [1.29, 1.82) is 0 Å². The monoisotopic (exact) mass is 252 g/mol. The van der Waals surface area contributed by atoms with E-state index in [0.29, 0.717) is 0 Å². The van der Waals surface area contributed by atoms with Crippen molar-refractivity contribution in [2.45, 2.75) is 13.0 Å². The van der Waals surface area contributed by atoms with Gasteiger partial charge in [0, 0.05) is 43.0 Å². The van der Waals surface area contributed by atoms with Gasteiger partial charge in [-0.3, -0.25) is 4.98 Å². The number of fused-ring (bicyclic) bond motifs is 1. The van der Waals surface area contributed by atoms with Gasteiger partial charge in [-0.05, 0) is 23.8 Å². The van der Waals surface area contributed by atoms with Gasteiger partial charge in [-0.15, -0.1) is 0 Å². The predicted molar refractivity (Wildman–Crippen MR) is 75.7 cm³/mol. The molecule has 4 heteroatoms. The van der Waals surface area contributed by atoms with E-state index in [9.17, 15) is 0 Å². The quantitative estimate of drug-likeness (QED) is 0.685. The SMILES string of the molecule is c1cnc2ccc(CNCCc3cnc[nH]3)cc2c1. The lowest BCUT2D eigenvalue weighted by Crippen LogP contribution is -2.16. The third-order valence-corrected chi connectivity index (χ3v) is 3.12. The Kier molecular flexibility index (Phi) is 3.51. The van der Waals surface area contributed by atoms with Crippen LogP contribution in [0.3, 0.4) is 0 Å². The van der Waals surface area contributed by atoms with Crippen LogP contribution in [0, 0.1) is 0 Å². The van der Waals surface area contributed by atoms with Crippen molar-refractivity contribution in [2.24, 2.45) is 0 Å². The Morgan fingerprint density at radius 3 is 3.11 bits per heavy atom. The summed E-state index contributed by atoms with van der Waals surface area (Å²) in [4.78, 5) is 11.4. The van der Waals surface area contributed by atoms with Crippen molar-refractivity contribution in [1.82, 2.24) is 20.3 Å². The van der Waals surface area contributed by atoms with Crippen LogP contribution < -0.4 is 5.32 Å². The summed E-state index contributed by atoms with van der Waals surface area (Å²) in [7, 11) is 0. The molecule has 0 fully saturated rings. The maximum Gasteiger partial charge on any atom is 0.0921 e. The number of aromatic nitrogens is 3. The highest BCUT2D eigenvalue weighted by Gasteiger charge is 1.98. The first-order chi connectivity index (χ1) is 9.42. The second-order valence-electron chi connectivity index (χ2n) is 4.53. The number of nitrogens with zero attached hydrogens (tertiary/aromatic N) is 2. The van der Waals surface area contributed by atoms with Crippen molar-refractivity contribution in [3.05, 3.63) is 60.3 Å². The van der Waals surface area contributed by atoms with E-state index in [1.165, 1.54) is 10.9 Å². The molecule has 19 heavy (non-hydrogen) atoms. The standard InChI is InChI=1S/C15H16N4/c1-2-13-8-12(3-4-15(13)18-6-1)9-16-7-5-14-10-17-11-19-14/h1-4,6,8,10-11,16H,5,7,9H2,(H,17,19). The Bertz CT molecular complexity index is 646. The van der Waals surface area contributed by atoms with Gasteiger partial charge in [-0.25, -0.2) is 4.98 Å². The highest BCUT2D eigenvalue weighted by atomic mass is 14.9. The third kappa shape index (κ3) is 2.98. The van der Waals surface area contributed by atoms with Crippen molar-refractivity contribution >= 4 is 10.9 Å². The first-order valence-electron chi connectivity index (χ1n) is 6.43. The van der Waals surface area contributed by atoms with Crippen LogP contribution in [0.15, 0.2) is 49.1 Å². The van der Waals surface area contributed by atoms with Gasteiger partial charge in [-0.1, -0.05) is 12.1 Å². The summed E-state index contributed by atoms with van der Waals surface area (Å²) in [5.41, 5.74) is 3.49. The molecule has 1 aromatic carbocycles. The number of imidazole rings is 1. The minimum absolute atomic E-state index is 0.874. The molecular weight excluding hydrogens is 236 g/mol. The minimum atomic E-state index is 0.874. The first-order valence-corrected chi connectivity index (χ1v) is 6.43. The summed E-state index contributed by atoms with van der Waals surface area (Å²) < 4.78 is 0. The molecule has 2 heterocycles. The van der Waals surface area contributed by atoms with Gasteiger partial charge in [0.25, 0.3) is 0 Å². The number of aromatic amines is 1. The number of H-pyrrole nitrogens is 1. The lowest BCUT2D eigenvalue weighted by Gasteiger charge is -2.05. The van der Waals surface area contributed by atoms with E-state index in [2.05, 4.69) is 44.5 Å². The number of rotatable bonds is 5. The Hall–Kier alpha value is -2.20. The Balaban J connectivity index is 1.56. The van der Waals surface area contributed by atoms with Crippen LogP contribution in [0.1, 0.15) is 11.3 Å². The summed E-state index contributed by atoms with van der Waals surface area (Å²) in [5, 5.41) is 4.63. The largest absolute Gasteiger partial charge is 0.348 e. The summed E-state index contributed by atoms with van der Waals surface area (Å²) in [5.74, 6) is 0. The van der Waals surface area contributed by atoms with Gasteiger partial charge in [-0.2, -0.15) is 0 Å². The molecule has 0 unspecified atom stereocenters. The molecule has 0 saturated heterocycles. The van der Waals surface area contributed by atoms with Crippen LogP contribution >= 0.6 is 0 Å². The topological polar surface area (TPSA) is 53.6 Å². The van der Waals surface area contributed by atoms with E-state index in [0.717, 1.165) is 30.7 Å². The summed E-state index contributed by atoms with van der Waals surface area (Å²) in [6.45, 7) is 1.81. The van der Waals surface area contributed by atoms with Crippen molar-refractivity contribution in [3.63, 3.8) is 0 Å². The van der Waals surface area contributed by atoms with Crippen molar-refractivity contribution in [3.8, 4) is 0 Å². The van der Waals surface area contributed by atoms with Crippen molar-refractivity contribution < 1.29 is 0 Å². The molecule has 0 saturated carbocycles. The summed E-state index contributed by atoms with van der Waals surface area (Å²) >= 11 is 0. The fourth-order valence-electron chi connectivity index (χ4n) is 2.11. The van der Waals surface area contributed by atoms with E-state index < -0.39 is 0 Å². The molecule has 0 aliphatic rings. The zero-order valence-corrected chi connectivity index (χ0v) is 10.6. The Labute approximate surface area is 111 Å². The molecule has 3 rings (SSSR count). The van der Waals surface area contributed by atoms with E-state index in [-0.39, 0.29) is 0 Å². The zero-order valence-electron chi connectivity index (χ0n) is 10.6. The number of nitrogens with one attached hydrogen (secondary N) is 2. The second kappa shape index (κ2) is 5.63. The van der Waals surface area contributed by atoms with Crippen LogP contribution in [0.25, 0.3) is 10.9 Å². The molecule has 4 nitrogen and oxygen atoms in total. The summed E-state index contributed by atoms with van der Waals surface area (Å²) in [6.07, 6.45) is 6.37. The molecule has 0 atom stereocenters. The highest BCUT2D eigenvalue weighted by molar-refractivity contribution is 5.78. The van der Waals surface area contributed by atoms with E-state index in [1.54, 1.807) is 6.33 Å². The Morgan fingerprint density at radius 1 is 1.21 bits per heavy atom. The first kappa shape index (κ1) is 11.9. The summed E-state index contributed by atoms with van der Waals surface area (Å²) in [6, 6.07) is 10.4. The Morgan fingerprint density at radius 2 is 2.21 bits per heavy atom. The molecule has 0 aliphatic heterocycles. The maximum atomic E-state index is 4.32. The molecule has 2 aromatic heterocycles. The second-order valence-corrected chi connectivity index (χ2v) is 4.53. The number of benzene rings is 1. The minimum Gasteiger partial charge on any atom is -0.348 e. The number of pyridine rings is 1. The van der Waals surface area contributed by atoms with E-state index in [1.807, 2.05) is 18.5 Å². The molecule has 3 aromatic rings. The lowest BCUT2D eigenvalue weighted by molar-refractivity contribution is 0.682. The fraction of sp³-hybridized carbons (Fsp3) is 0.200. The van der Waals surface area contributed by atoms with Gasteiger partial charge in [0.05, 0.1) is 11.8 Å². The molecule has 0 spiro atoms. The maximum absolute atomic E-state index is 4.32. The van der Waals surface area contributed by atoms with Gasteiger partial charge in [0.1, 0.15) is 0 Å². The average Bonchev–Trinajstić information content (AvgIpc) is 2.97. The van der Waals surface area contributed by atoms with Gasteiger partial charge in [0.15, 0.2) is 0 Å². The van der Waals surface area contributed by atoms with Crippen molar-refractivity contribution in [2.75, 3.05) is 6.54 Å². The molecule has 0 bridgehead atoms. The third-order valence-electron chi connectivity index (χ3n) is 3.12. The predicted octanol–water partition coefficient (Wildman–Crippen LogP) is 2.29. The average molecular weight is 252 g/mol. The zero-order chi connectivity index (χ0) is 12.9. The van der Waals surface area contributed by atoms with Gasteiger partial charge < -0.3 is 10.3 Å². The van der Waals surface area contributed by atoms with E-state index >= 15 is 0 Å². The van der Waals surface area contributed by atoms with Gasteiger partial charge >= 0.3 is 0 Å². The molecule has 0 radical (unpaired) electrons. The molecule has 2 N–H and O–H groups in total. The highest BCUT2D eigenvalue weighted by Crippen LogP contribution is 2.12. The smallest absolute Gasteiger partial charge is 0.0921 e. The van der Waals surface area contributed by atoms with Crippen LogP contribution in [-0.4, -0.2) is 21.5 Å². The lowest BCUT2D eigenvalue weighted by atomic mass is 10.1.